The van der Waals surface area contributed by atoms with Crippen LogP contribution in [0, 0.1) is 6.92 Å². The minimum absolute atomic E-state index is 0.545. The third-order valence-corrected chi connectivity index (χ3v) is 5.64. The monoisotopic (exact) mass is 357 g/mol. The van der Waals surface area contributed by atoms with Gasteiger partial charge in [0, 0.05) is 30.3 Å². The largest absolute Gasteiger partial charge is 0.358 e. The number of aromatic amines is 1. The van der Waals surface area contributed by atoms with Gasteiger partial charge in [-0.2, -0.15) is 0 Å². The van der Waals surface area contributed by atoms with Gasteiger partial charge >= 0.3 is 0 Å². The van der Waals surface area contributed by atoms with Gasteiger partial charge in [0.1, 0.15) is 11.6 Å². The molecule has 0 bridgehead atoms. The highest BCUT2D eigenvalue weighted by Gasteiger charge is 2.25. The smallest absolute Gasteiger partial charge is 0.146 e. The van der Waals surface area contributed by atoms with E-state index in [0.717, 1.165) is 42.8 Å². The molecule has 27 heavy (non-hydrogen) atoms. The van der Waals surface area contributed by atoms with E-state index in [1.54, 1.807) is 0 Å². The summed E-state index contributed by atoms with van der Waals surface area (Å²) in [6.45, 7) is 4.18. The van der Waals surface area contributed by atoms with Gasteiger partial charge in [-0.1, -0.05) is 36.4 Å². The summed E-state index contributed by atoms with van der Waals surface area (Å²) >= 11 is 0. The van der Waals surface area contributed by atoms with Crippen LogP contribution in [0.4, 0.5) is 5.82 Å². The lowest BCUT2D eigenvalue weighted by Crippen LogP contribution is -2.34. The molecule has 136 valence electrons. The summed E-state index contributed by atoms with van der Waals surface area (Å²) < 4.78 is 2.29. The van der Waals surface area contributed by atoms with Crippen molar-refractivity contribution in [2.24, 2.45) is 0 Å². The van der Waals surface area contributed by atoms with Crippen LogP contribution in [0.3, 0.4) is 0 Å². The fraction of sp³-hybridized carbons (Fsp3) is 0.273. The summed E-state index contributed by atoms with van der Waals surface area (Å²) in [6.07, 6.45) is 6.02. The number of fused-ring (bicyclic) bond motifs is 1. The van der Waals surface area contributed by atoms with Crippen LogP contribution in [-0.2, 0) is 0 Å². The van der Waals surface area contributed by atoms with E-state index in [1.165, 1.54) is 17.2 Å². The Hall–Kier alpha value is -3.08. The van der Waals surface area contributed by atoms with Crippen molar-refractivity contribution in [2.45, 2.75) is 25.7 Å². The molecular weight excluding hydrogens is 334 g/mol. The fourth-order valence-electron chi connectivity index (χ4n) is 4.23. The Labute approximate surface area is 158 Å². The number of anilines is 1. The Morgan fingerprint density at radius 3 is 2.52 bits per heavy atom. The number of aromatic nitrogens is 4. The van der Waals surface area contributed by atoms with Gasteiger partial charge in [0.15, 0.2) is 0 Å². The quantitative estimate of drug-likeness (QED) is 0.590. The molecule has 0 saturated carbocycles. The highest BCUT2D eigenvalue weighted by molar-refractivity contribution is 5.67. The molecule has 0 unspecified atom stereocenters. The zero-order chi connectivity index (χ0) is 18.2. The first kappa shape index (κ1) is 16.1. The predicted octanol–water partition coefficient (Wildman–Crippen LogP) is 4.42. The first-order valence-electron chi connectivity index (χ1n) is 9.58. The summed E-state index contributed by atoms with van der Waals surface area (Å²) in [7, 11) is 0. The molecule has 1 fully saturated rings. The fourth-order valence-corrected chi connectivity index (χ4v) is 4.23. The lowest BCUT2D eigenvalue weighted by atomic mass is 9.92. The average molecular weight is 357 g/mol. The molecule has 1 aliphatic rings. The van der Waals surface area contributed by atoms with Gasteiger partial charge in [-0.3, -0.25) is 4.40 Å². The summed E-state index contributed by atoms with van der Waals surface area (Å²) in [5, 5.41) is 0. The normalized spacial score (nSPS) is 15.5. The Bertz CT molecular complexity index is 1050. The van der Waals surface area contributed by atoms with Crippen molar-refractivity contribution >= 4 is 11.3 Å². The van der Waals surface area contributed by atoms with E-state index in [4.69, 9.17) is 4.98 Å². The van der Waals surface area contributed by atoms with Crippen LogP contribution < -0.4 is 4.90 Å². The van der Waals surface area contributed by atoms with Gasteiger partial charge < -0.3 is 9.88 Å². The third-order valence-electron chi connectivity index (χ3n) is 5.64. The molecule has 1 aliphatic heterocycles. The lowest BCUT2D eigenvalue weighted by molar-refractivity contribution is 0.492. The molecule has 0 aliphatic carbocycles. The number of imidazole rings is 2. The summed E-state index contributed by atoms with van der Waals surface area (Å²) in [5.41, 5.74) is 4.72. The zero-order valence-electron chi connectivity index (χ0n) is 15.5. The van der Waals surface area contributed by atoms with Gasteiger partial charge in [0.05, 0.1) is 23.7 Å². The molecular formula is C22H23N5. The van der Waals surface area contributed by atoms with Crippen LogP contribution >= 0.6 is 0 Å². The maximum atomic E-state index is 4.71. The molecule has 0 radical (unpaired) electrons. The number of nitrogens with zero attached hydrogens (tertiary/aromatic N) is 4. The molecule has 1 aromatic carbocycles. The van der Waals surface area contributed by atoms with Crippen LogP contribution in [0.1, 0.15) is 30.1 Å². The average Bonchev–Trinajstić information content (AvgIpc) is 3.35. The van der Waals surface area contributed by atoms with E-state index >= 15 is 0 Å². The van der Waals surface area contributed by atoms with E-state index in [0.29, 0.717) is 5.92 Å². The standard InChI is InChI=1S/C22H23N5/c1-16-21(25-15-24-16)17-10-12-26(13-11-17)20-9-5-8-19-14-23-22(27(19)20)18-6-3-2-4-7-18/h2-9,14-15,17H,10-13H2,1H3,(H,24,25). The highest BCUT2D eigenvalue weighted by atomic mass is 15.2. The number of pyridine rings is 1. The van der Waals surface area contributed by atoms with Gasteiger partial charge in [0.2, 0.25) is 0 Å². The molecule has 3 aromatic heterocycles. The van der Waals surface area contributed by atoms with E-state index in [1.807, 2.05) is 18.6 Å². The second-order valence-corrected chi connectivity index (χ2v) is 7.27. The van der Waals surface area contributed by atoms with Crippen molar-refractivity contribution in [3.8, 4) is 11.4 Å². The minimum Gasteiger partial charge on any atom is -0.358 e. The number of hydrogen-bond donors (Lipinski definition) is 1. The lowest BCUT2D eigenvalue weighted by Gasteiger charge is -2.33. The minimum atomic E-state index is 0.545. The molecule has 5 rings (SSSR count). The van der Waals surface area contributed by atoms with Crippen LogP contribution in [0.15, 0.2) is 61.1 Å². The molecule has 4 heterocycles. The second kappa shape index (κ2) is 6.58. The zero-order valence-corrected chi connectivity index (χ0v) is 15.5. The predicted molar refractivity (Wildman–Crippen MR) is 108 cm³/mol. The van der Waals surface area contributed by atoms with E-state index in [9.17, 15) is 0 Å². The van der Waals surface area contributed by atoms with E-state index in [-0.39, 0.29) is 0 Å². The number of hydrogen-bond acceptors (Lipinski definition) is 3. The second-order valence-electron chi connectivity index (χ2n) is 7.27. The molecule has 4 aromatic rings. The van der Waals surface area contributed by atoms with Crippen LogP contribution in [0.5, 0.6) is 0 Å². The topological polar surface area (TPSA) is 49.2 Å². The van der Waals surface area contributed by atoms with Gasteiger partial charge in [-0.25, -0.2) is 9.97 Å². The SMILES string of the molecule is Cc1[nH]cnc1C1CCN(c2cccc3cnc(-c4ccccc4)n23)CC1. The Morgan fingerprint density at radius 2 is 1.78 bits per heavy atom. The van der Waals surface area contributed by atoms with Gasteiger partial charge in [-0.05, 0) is 31.9 Å². The van der Waals surface area contributed by atoms with Crippen LogP contribution in [-0.4, -0.2) is 32.4 Å². The summed E-state index contributed by atoms with van der Waals surface area (Å²) in [6, 6.07) is 16.9. The maximum Gasteiger partial charge on any atom is 0.146 e. The van der Waals surface area contributed by atoms with Crippen molar-refractivity contribution in [2.75, 3.05) is 18.0 Å². The Morgan fingerprint density at radius 1 is 0.963 bits per heavy atom. The molecule has 5 heteroatoms. The van der Waals surface area contributed by atoms with Crippen molar-refractivity contribution in [3.63, 3.8) is 0 Å². The van der Waals surface area contributed by atoms with Crippen LogP contribution in [0.25, 0.3) is 16.9 Å². The number of nitrogens with one attached hydrogen (secondary N) is 1. The number of benzene rings is 1. The Balaban J connectivity index is 1.48. The summed E-state index contributed by atoms with van der Waals surface area (Å²) in [5.74, 6) is 2.77. The molecule has 1 saturated heterocycles. The summed E-state index contributed by atoms with van der Waals surface area (Å²) in [4.78, 5) is 15.0. The van der Waals surface area contributed by atoms with Crippen molar-refractivity contribution in [1.29, 1.82) is 0 Å². The number of rotatable bonds is 3. The third kappa shape index (κ3) is 2.79. The molecule has 5 nitrogen and oxygen atoms in total. The first-order chi connectivity index (χ1) is 13.3. The van der Waals surface area contributed by atoms with Crippen molar-refractivity contribution in [3.05, 3.63) is 72.4 Å². The van der Waals surface area contributed by atoms with E-state index < -0.39 is 0 Å². The van der Waals surface area contributed by atoms with E-state index in [2.05, 4.69) is 68.7 Å². The number of aryl methyl sites for hydroxylation is 1. The molecule has 0 atom stereocenters. The number of piperidine rings is 1. The maximum absolute atomic E-state index is 4.71. The Kier molecular flexibility index (Phi) is 3.93. The molecule has 0 spiro atoms. The van der Waals surface area contributed by atoms with Gasteiger partial charge in [0.25, 0.3) is 0 Å². The first-order valence-corrected chi connectivity index (χ1v) is 9.58. The van der Waals surface area contributed by atoms with Crippen molar-refractivity contribution < 1.29 is 0 Å². The number of H-pyrrole nitrogens is 1. The highest BCUT2D eigenvalue weighted by Crippen LogP contribution is 2.32. The molecule has 0 amide bonds. The van der Waals surface area contributed by atoms with Gasteiger partial charge in [-0.15, -0.1) is 0 Å². The molecule has 1 N–H and O–H groups in total. The van der Waals surface area contributed by atoms with Crippen LogP contribution in [0.2, 0.25) is 0 Å². The van der Waals surface area contributed by atoms with Crippen molar-refractivity contribution in [1.82, 2.24) is 19.4 Å².